The molecular weight excluding hydrogens is 444 g/mol. The van der Waals surface area contributed by atoms with Crippen molar-refractivity contribution < 1.29 is 17.9 Å². The van der Waals surface area contributed by atoms with Crippen LogP contribution in [0.3, 0.4) is 0 Å². The number of nitrogens with one attached hydrogen (secondary N) is 2. The molecule has 0 atom stereocenters. The maximum atomic E-state index is 12.5. The van der Waals surface area contributed by atoms with Gasteiger partial charge in [-0.15, -0.1) is 0 Å². The molecule has 152 valence electrons. The first-order valence-corrected chi connectivity index (χ1v) is 11.4. The van der Waals surface area contributed by atoms with E-state index in [0.717, 1.165) is 12.8 Å². The highest BCUT2D eigenvalue weighted by Crippen LogP contribution is 2.27. The Kier molecular flexibility index (Phi) is 8.03. The summed E-state index contributed by atoms with van der Waals surface area (Å²) in [5.41, 5.74) is 0.973. The minimum Gasteiger partial charge on any atom is -0.492 e. The van der Waals surface area contributed by atoms with E-state index in [1.165, 1.54) is 12.1 Å². The Morgan fingerprint density at radius 1 is 1.14 bits per heavy atom. The normalized spacial score (nSPS) is 11.5. The van der Waals surface area contributed by atoms with Gasteiger partial charge in [0.1, 0.15) is 5.75 Å². The zero-order valence-electron chi connectivity index (χ0n) is 16.2. The average Bonchev–Trinajstić information content (AvgIpc) is 2.62. The van der Waals surface area contributed by atoms with Crippen molar-refractivity contribution in [2.24, 2.45) is 0 Å². The van der Waals surface area contributed by atoms with Gasteiger partial charge in [-0.2, -0.15) is 0 Å². The van der Waals surface area contributed by atoms with Gasteiger partial charge in [-0.3, -0.25) is 4.79 Å². The van der Waals surface area contributed by atoms with Gasteiger partial charge in [0.05, 0.1) is 16.0 Å². The van der Waals surface area contributed by atoms with E-state index in [-0.39, 0.29) is 16.8 Å². The lowest BCUT2D eigenvalue weighted by Gasteiger charge is -2.11. The molecule has 0 radical (unpaired) electrons. The topological polar surface area (TPSA) is 84.5 Å². The van der Waals surface area contributed by atoms with Crippen LogP contribution >= 0.6 is 15.9 Å². The Bertz CT molecular complexity index is 912. The lowest BCUT2D eigenvalue weighted by atomic mass is 10.2. The van der Waals surface area contributed by atoms with Crippen molar-refractivity contribution >= 4 is 37.5 Å². The summed E-state index contributed by atoms with van der Waals surface area (Å²) in [6.45, 7) is 6.23. The smallest absolute Gasteiger partial charge is 0.255 e. The summed E-state index contributed by atoms with van der Waals surface area (Å²) < 4.78 is 33.2. The van der Waals surface area contributed by atoms with Crippen LogP contribution in [0.15, 0.2) is 51.8 Å². The SMILES string of the molecule is CCCCOc1ccc(C(=O)Nc2ccc(S(=O)(=O)NC(C)C)cc2)cc1Br. The maximum absolute atomic E-state index is 12.5. The van der Waals surface area contributed by atoms with Gasteiger partial charge in [0.2, 0.25) is 10.0 Å². The molecule has 0 unspecified atom stereocenters. The van der Waals surface area contributed by atoms with Gasteiger partial charge >= 0.3 is 0 Å². The third-order valence-corrected chi connectivity index (χ3v) is 6.06. The van der Waals surface area contributed by atoms with Gasteiger partial charge < -0.3 is 10.1 Å². The van der Waals surface area contributed by atoms with Gasteiger partial charge in [-0.25, -0.2) is 13.1 Å². The molecule has 0 aliphatic rings. The van der Waals surface area contributed by atoms with Gasteiger partial charge in [0.15, 0.2) is 0 Å². The van der Waals surface area contributed by atoms with Crippen LogP contribution in [0, 0.1) is 0 Å². The van der Waals surface area contributed by atoms with Crippen LogP contribution in [0.2, 0.25) is 0 Å². The number of hydrogen-bond acceptors (Lipinski definition) is 4. The fourth-order valence-corrected chi connectivity index (χ4v) is 4.13. The third-order valence-electron chi connectivity index (χ3n) is 3.76. The second-order valence-electron chi connectivity index (χ2n) is 6.60. The summed E-state index contributed by atoms with van der Waals surface area (Å²) in [5, 5.41) is 2.76. The zero-order chi connectivity index (χ0) is 20.7. The number of rotatable bonds is 9. The molecule has 0 saturated carbocycles. The molecule has 0 bridgehead atoms. The van der Waals surface area contributed by atoms with E-state index >= 15 is 0 Å². The van der Waals surface area contributed by atoms with Crippen molar-refractivity contribution in [3.05, 3.63) is 52.5 Å². The van der Waals surface area contributed by atoms with Gasteiger partial charge in [-0.05, 0) is 78.7 Å². The fraction of sp³-hybridized carbons (Fsp3) is 0.350. The Morgan fingerprint density at radius 3 is 2.39 bits per heavy atom. The highest BCUT2D eigenvalue weighted by atomic mass is 79.9. The molecule has 28 heavy (non-hydrogen) atoms. The summed E-state index contributed by atoms with van der Waals surface area (Å²) in [4.78, 5) is 12.6. The van der Waals surface area contributed by atoms with Crippen molar-refractivity contribution in [3.8, 4) is 5.75 Å². The second-order valence-corrected chi connectivity index (χ2v) is 9.17. The molecule has 8 heteroatoms. The molecule has 0 aliphatic heterocycles. The Hall–Kier alpha value is -1.90. The zero-order valence-corrected chi connectivity index (χ0v) is 18.6. The Labute approximate surface area is 174 Å². The number of carbonyl (C=O) groups excluding carboxylic acids is 1. The molecule has 0 spiro atoms. The lowest BCUT2D eigenvalue weighted by Crippen LogP contribution is -2.30. The van der Waals surface area contributed by atoms with Crippen molar-refractivity contribution in [1.82, 2.24) is 4.72 Å². The molecule has 6 nitrogen and oxygen atoms in total. The first-order valence-electron chi connectivity index (χ1n) is 9.09. The molecule has 0 aliphatic carbocycles. The standard InChI is InChI=1S/C20H25BrN2O4S/c1-4-5-12-27-19-11-6-15(13-18(19)21)20(24)22-16-7-9-17(10-8-16)28(25,26)23-14(2)3/h6-11,13-14,23H,4-5,12H2,1-3H3,(H,22,24). The van der Waals surface area contributed by atoms with Gasteiger partial charge in [-0.1, -0.05) is 13.3 Å². The van der Waals surface area contributed by atoms with E-state index in [0.29, 0.717) is 28.1 Å². The van der Waals surface area contributed by atoms with Crippen molar-refractivity contribution in [2.45, 2.75) is 44.6 Å². The number of carbonyl (C=O) groups is 1. The molecule has 2 rings (SSSR count). The maximum Gasteiger partial charge on any atom is 0.255 e. The molecule has 2 aromatic carbocycles. The second kappa shape index (κ2) is 10.0. The van der Waals surface area contributed by atoms with E-state index in [1.54, 1.807) is 44.2 Å². The summed E-state index contributed by atoms with van der Waals surface area (Å²) in [7, 11) is -3.56. The Morgan fingerprint density at radius 2 is 1.82 bits per heavy atom. The highest BCUT2D eigenvalue weighted by Gasteiger charge is 2.15. The molecule has 2 N–H and O–H groups in total. The minimum atomic E-state index is -3.56. The monoisotopic (exact) mass is 468 g/mol. The predicted octanol–water partition coefficient (Wildman–Crippen LogP) is 4.57. The van der Waals surface area contributed by atoms with Crippen LogP contribution < -0.4 is 14.8 Å². The van der Waals surface area contributed by atoms with Crippen LogP contribution in [0.5, 0.6) is 5.75 Å². The minimum absolute atomic E-state index is 0.149. The molecule has 0 fully saturated rings. The van der Waals surface area contributed by atoms with Gasteiger partial charge in [0, 0.05) is 17.3 Å². The predicted molar refractivity (Wildman–Crippen MR) is 114 cm³/mol. The fourth-order valence-electron chi connectivity index (χ4n) is 2.38. The Balaban J connectivity index is 2.05. The number of ether oxygens (including phenoxy) is 1. The summed E-state index contributed by atoms with van der Waals surface area (Å²) in [5.74, 6) is 0.397. The third kappa shape index (κ3) is 6.32. The highest BCUT2D eigenvalue weighted by molar-refractivity contribution is 9.10. The van der Waals surface area contributed by atoms with Crippen LogP contribution in [-0.4, -0.2) is 27.0 Å². The number of amides is 1. The van der Waals surface area contributed by atoms with Crippen molar-refractivity contribution in [3.63, 3.8) is 0 Å². The number of benzene rings is 2. The quantitative estimate of drug-likeness (QED) is 0.527. The van der Waals surface area contributed by atoms with Crippen LogP contribution in [-0.2, 0) is 10.0 Å². The molecule has 0 heterocycles. The van der Waals surface area contributed by atoms with E-state index < -0.39 is 10.0 Å². The van der Waals surface area contributed by atoms with E-state index in [9.17, 15) is 13.2 Å². The first-order chi connectivity index (χ1) is 13.2. The number of sulfonamides is 1. The van der Waals surface area contributed by atoms with Crippen molar-refractivity contribution in [1.29, 1.82) is 0 Å². The van der Waals surface area contributed by atoms with E-state index in [4.69, 9.17) is 4.74 Å². The van der Waals surface area contributed by atoms with Crippen LogP contribution in [0.25, 0.3) is 0 Å². The number of unbranched alkanes of at least 4 members (excludes halogenated alkanes) is 1. The van der Waals surface area contributed by atoms with E-state index in [1.807, 2.05) is 0 Å². The summed E-state index contributed by atoms with van der Waals surface area (Å²) >= 11 is 3.43. The first kappa shape index (κ1) is 22.4. The number of halogens is 1. The molecule has 2 aromatic rings. The average molecular weight is 469 g/mol. The largest absolute Gasteiger partial charge is 0.492 e. The number of hydrogen-bond donors (Lipinski definition) is 2. The van der Waals surface area contributed by atoms with Crippen LogP contribution in [0.1, 0.15) is 44.0 Å². The van der Waals surface area contributed by atoms with Crippen LogP contribution in [0.4, 0.5) is 5.69 Å². The molecule has 0 saturated heterocycles. The number of anilines is 1. The summed E-state index contributed by atoms with van der Waals surface area (Å²) in [6.07, 6.45) is 2.01. The van der Waals surface area contributed by atoms with Crippen molar-refractivity contribution in [2.75, 3.05) is 11.9 Å². The van der Waals surface area contributed by atoms with Gasteiger partial charge in [0.25, 0.3) is 5.91 Å². The summed E-state index contributed by atoms with van der Waals surface area (Å²) in [6, 6.07) is 11.0. The lowest BCUT2D eigenvalue weighted by molar-refractivity contribution is 0.102. The molecule has 1 amide bonds. The van der Waals surface area contributed by atoms with E-state index in [2.05, 4.69) is 32.9 Å². The molecule has 0 aromatic heterocycles. The molecular formula is C20H25BrN2O4S.